The number of nitrogens with zero attached hydrogens (tertiary/aromatic N) is 4. The quantitative estimate of drug-likeness (QED) is 0.545. The summed E-state index contributed by atoms with van der Waals surface area (Å²) in [5, 5.41) is 3.49. The van der Waals surface area contributed by atoms with E-state index in [1.807, 2.05) is 13.0 Å². The Morgan fingerprint density at radius 3 is 2.53 bits per heavy atom. The van der Waals surface area contributed by atoms with E-state index in [2.05, 4.69) is 15.3 Å². The summed E-state index contributed by atoms with van der Waals surface area (Å²) < 4.78 is 14.3. The average molecular weight is 407 g/mol. The van der Waals surface area contributed by atoms with Gasteiger partial charge in [0.2, 0.25) is 5.91 Å². The number of hydrogen-bond donors (Lipinski definition) is 1. The van der Waals surface area contributed by atoms with Crippen LogP contribution in [0, 0.1) is 13.8 Å². The first-order valence-corrected chi connectivity index (χ1v) is 9.28. The Hall–Kier alpha value is -3.88. The number of ether oxygens (including phenoxy) is 2. The first-order chi connectivity index (χ1) is 14.4. The summed E-state index contributed by atoms with van der Waals surface area (Å²) in [6, 6.07) is 8.60. The van der Waals surface area contributed by atoms with Crippen LogP contribution in [0.5, 0.6) is 11.5 Å². The topological polar surface area (TPSA) is 99.7 Å². The molecule has 3 heterocycles. The van der Waals surface area contributed by atoms with Crippen molar-refractivity contribution in [1.29, 1.82) is 0 Å². The van der Waals surface area contributed by atoms with Gasteiger partial charge in [0, 0.05) is 29.4 Å². The molecule has 1 amide bonds. The monoisotopic (exact) mass is 407 g/mol. The van der Waals surface area contributed by atoms with Crippen molar-refractivity contribution in [3.8, 4) is 11.5 Å². The van der Waals surface area contributed by atoms with Gasteiger partial charge in [-0.15, -0.1) is 0 Å². The third-order valence-electron chi connectivity index (χ3n) is 4.82. The molecule has 0 spiro atoms. The molecule has 0 radical (unpaired) electrons. The van der Waals surface area contributed by atoms with Crippen LogP contribution in [0.3, 0.4) is 0 Å². The second-order valence-corrected chi connectivity index (χ2v) is 6.92. The molecule has 9 nitrogen and oxygen atoms in total. The van der Waals surface area contributed by atoms with Gasteiger partial charge in [0.1, 0.15) is 12.4 Å². The molecule has 0 fully saturated rings. The lowest BCUT2D eigenvalue weighted by Crippen LogP contribution is -2.23. The number of benzene rings is 1. The van der Waals surface area contributed by atoms with Gasteiger partial charge in [-0.1, -0.05) is 0 Å². The molecule has 0 unspecified atom stereocenters. The third kappa shape index (κ3) is 3.34. The number of rotatable bonds is 5. The van der Waals surface area contributed by atoms with Crippen molar-refractivity contribution in [3.05, 3.63) is 58.1 Å². The van der Waals surface area contributed by atoms with E-state index in [1.165, 1.54) is 13.2 Å². The number of carbonyl (C=O) groups excluding carboxylic acids is 1. The molecule has 30 heavy (non-hydrogen) atoms. The minimum absolute atomic E-state index is 0.0174. The van der Waals surface area contributed by atoms with Gasteiger partial charge in [0.15, 0.2) is 17.1 Å². The number of pyridine rings is 1. The number of anilines is 1. The lowest BCUT2D eigenvalue weighted by atomic mass is 10.2. The molecule has 4 aromatic rings. The fourth-order valence-electron chi connectivity index (χ4n) is 3.52. The van der Waals surface area contributed by atoms with Crippen molar-refractivity contribution in [2.75, 3.05) is 19.5 Å². The number of carbonyl (C=O) groups is 1. The standard InChI is InChI=1S/C21H21N5O4/c1-12-5-6-22-18(7-12)23-20(28)11-25-15-10-17(30-4)16(29-3)9-14(15)21-24-19(27)8-13(2)26(21)25/h5-10H,11H2,1-4H3,(H,22,23,28). The number of amides is 1. The summed E-state index contributed by atoms with van der Waals surface area (Å²) >= 11 is 0. The molecule has 0 atom stereocenters. The summed E-state index contributed by atoms with van der Waals surface area (Å²) in [6.07, 6.45) is 1.64. The summed E-state index contributed by atoms with van der Waals surface area (Å²) in [7, 11) is 3.08. The van der Waals surface area contributed by atoms with Crippen LogP contribution >= 0.6 is 0 Å². The number of hydrogen-bond acceptors (Lipinski definition) is 6. The lowest BCUT2D eigenvalue weighted by molar-refractivity contribution is -0.116. The SMILES string of the molecule is COc1cc2c(cc1OC)n(CC(=O)Nc1cc(C)ccn1)n1c(C)cc(=O)nc21. The fourth-order valence-corrected chi connectivity index (χ4v) is 3.52. The lowest BCUT2D eigenvalue weighted by Gasteiger charge is -2.12. The minimum Gasteiger partial charge on any atom is -0.493 e. The first kappa shape index (κ1) is 19.4. The van der Waals surface area contributed by atoms with Crippen LogP contribution in [0.25, 0.3) is 16.6 Å². The van der Waals surface area contributed by atoms with Crippen molar-refractivity contribution in [1.82, 2.24) is 19.2 Å². The van der Waals surface area contributed by atoms with Gasteiger partial charge in [-0.05, 0) is 37.6 Å². The second-order valence-electron chi connectivity index (χ2n) is 6.92. The first-order valence-electron chi connectivity index (χ1n) is 9.28. The van der Waals surface area contributed by atoms with E-state index >= 15 is 0 Å². The highest BCUT2D eigenvalue weighted by Gasteiger charge is 2.19. The van der Waals surface area contributed by atoms with Gasteiger partial charge in [0.25, 0.3) is 5.56 Å². The van der Waals surface area contributed by atoms with Crippen molar-refractivity contribution in [2.45, 2.75) is 20.4 Å². The maximum atomic E-state index is 12.8. The normalized spacial score (nSPS) is 11.1. The molecule has 4 rings (SSSR count). The highest BCUT2D eigenvalue weighted by molar-refractivity contribution is 5.97. The van der Waals surface area contributed by atoms with Crippen molar-refractivity contribution < 1.29 is 14.3 Å². The van der Waals surface area contributed by atoms with Crippen LogP contribution in [0.4, 0.5) is 5.82 Å². The van der Waals surface area contributed by atoms with E-state index in [1.54, 1.807) is 47.6 Å². The highest BCUT2D eigenvalue weighted by atomic mass is 16.5. The number of aryl methyl sites for hydroxylation is 2. The molecule has 0 aliphatic carbocycles. The van der Waals surface area contributed by atoms with Crippen LogP contribution in [-0.4, -0.2) is 39.3 Å². The molecule has 1 aromatic carbocycles. The minimum atomic E-state index is -0.352. The van der Waals surface area contributed by atoms with Gasteiger partial charge in [-0.2, -0.15) is 4.98 Å². The van der Waals surface area contributed by atoms with E-state index in [0.717, 1.165) is 5.56 Å². The van der Waals surface area contributed by atoms with Crippen LogP contribution < -0.4 is 20.3 Å². The Bertz CT molecular complexity index is 1340. The number of fused-ring (bicyclic) bond motifs is 3. The molecule has 0 saturated heterocycles. The predicted octanol–water partition coefficient (Wildman–Crippen LogP) is 2.32. The Kier molecular flexibility index (Phi) is 4.86. The van der Waals surface area contributed by atoms with Gasteiger partial charge in [-0.3, -0.25) is 14.3 Å². The van der Waals surface area contributed by atoms with Gasteiger partial charge >= 0.3 is 0 Å². The molecule has 1 N–H and O–H groups in total. The molecule has 9 heteroatoms. The third-order valence-corrected chi connectivity index (χ3v) is 4.82. The van der Waals surface area contributed by atoms with E-state index in [4.69, 9.17) is 9.47 Å². The Labute approximate surface area is 171 Å². The van der Waals surface area contributed by atoms with Crippen molar-refractivity contribution in [3.63, 3.8) is 0 Å². The zero-order chi connectivity index (χ0) is 21.4. The average Bonchev–Trinajstić information content (AvgIpc) is 2.99. The summed E-state index contributed by atoms with van der Waals surface area (Å²) in [5.41, 5.74) is 2.42. The van der Waals surface area contributed by atoms with Crippen molar-refractivity contribution in [2.24, 2.45) is 0 Å². The second kappa shape index (κ2) is 7.51. The van der Waals surface area contributed by atoms with E-state index in [0.29, 0.717) is 39.6 Å². The van der Waals surface area contributed by atoms with E-state index in [9.17, 15) is 9.59 Å². The Morgan fingerprint density at radius 2 is 1.83 bits per heavy atom. The summed E-state index contributed by atoms with van der Waals surface area (Å²) in [5.74, 6) is 1.23. The van der Waals surface area contributed by atoms with E-state index < -0.39 is 0 Å². The molecular weight excluding hydrogens is 386 g/mol. The molecular formula is C21H21N5O4. The summed E-state index contributed by atoms with van der Waals surface area (Å²) in [6.45, 7) is 3.70. The molecule has 154 valence electrons. The summed E-state index contributed by atoms with van der Waals surface area (Å²) in [4.78, 5) is 33.2. The van der Waals surface area contributed by atoms with E-state index in [-0.39, 0.29) is 18.0 Å². The molecule has 0 bridgehead atoms. The maximum absolute atomic E-state index is 12.8. The molecule has 0 aliphatic heterocycles. The zero-order valence-electron chi connectivity index (χ0n) is 17.1. The van der Waals surface area contributed by atoms with Gasteiger partial charge in [0.05, 0.1) is 19.7 Å². The number of nitrogens with one attached hydrogen (secondary N) is 1. The zero-order valence-corrected chi connectivity index (χ0v) is 17.1. The number of aromatic nitrogens is 4. The molecule has 3 aromatic heterocycles. The fraction of sp³-hybridized carbons (Fsp3) is 0.238. The smallest absolute Gasteiger partial charge is 0.273 e. The van der Waals surface area contributed by atoms with Gasteiger partial charge < -0.3 is 14.8 Å². The predicted molar refractivity (Wildman–Crippen MR) is 112 cm³/mol. The highest BCUT2D eigenvalue weighted by Crippen LogP contribution is 2.34. The van der Waals surface area contributed by atoms with Crippen LogP contribution in [0.2, 0.25) is 0 Å². The number of methoxy groups -OCH3 is 2. The molecule has 0 saturated carbocycles. The Morgan fingerprint density at radius 1 is 1.10 bits per heavy atom. The van der Waals surface area contributed by atoms with Crippen LogP contribution in [-0.2, 0) is 11.3 Å². The molecule has 0 aliphatic rings. The van der Waals surface area contributed by atoms with Crippen molar-refractivity contribution >= 4 is 28.3 Å². The van der Waals surface area contributed by atoms with Gasteiger partial charge in [-0.25, -0.2) is 9.50 Å². The van der Waals surface area contributed by atoms with Crippen LogP contribution in [0.1, 0.15) is 11.3 Å². The Balaban J connectivity index is 1.88. The van der Waals surface area contributed by atoms with Crippen LogP contribution in [0.15, 0.2) is 41.3 Å². The largest absolute Gasteiger partial charge is 0.493 e. The maximum Gasteiger partial charge on any atom is 0.273 e.